The molecule has 0 bridgehead atoms. The monoisotopic (exact) mass is 475 g/mol. The normalized spacial score (nSPS) is 17.8. The largest absolute Gasteiger partial charge is 0.484 e. The van der Waals surface area contributed by atoms with E-state index in [0.29, 0.717) is 12.3 Å². The molecule has 1 aliphatic rings. The molecule has 1 aliphatic heterocycles. The number of carbonyl (C=O) groups excluding carboxylic acids is 4. The second-order valence-electron chi connectivity index (χ2n) is 8.95. The Bertz CT molecular complexity index is 845. The summed E-state index contributed by atoms with van der Waals surface area (Å²) in [7, 11) is 0. The van der Waals surface area contributed by atoms with Gasteiger partial charge < -0.3 is 24.6 Å². The molecule has 1 aromatic carbocycles. The van der Waals surface area contributed by atoms with Crippen LogP contribution in [0, 0.1) is 0 Å². The average Bonchev–Trinajstić information content (AvgIpc) is 2.79. The number of benzene rings is 1. The maximum absolute atomic E-state index is 12.6. The van der Waals surface area contributed by atoms with Crippen molar-refractivity contribution in [1.29, 1.82) is 0 Å². The first-order valence-corrected chi connectivity index (χ1v) is 11.9. The first kappa shape index (κ1) is 27.1. The smallest absolute Gasteiger partial charge is 0.338 e. The van der Waals surface area contributed by atoms with Gasteiger partial charge in [-0.25, -0.2) is 4.79 Å². The third kappa shape index (κ3) is 8.04. The van der Waals surface area contributed by atoms with E-state index in [0.717, 1.165) is 19.3 Å². The Morgan fingerprint density at radius 2 is 1.68 bits per heavy atom. The highest BCUT2D eigenvalue weighted by Crippen LogP contribution is 2.23. The molecule has 0 spiro atoms. The molecule has 2 atom stereocenters. The maximum Gasteiger partial charge on any atom is 0.338 e. The Labute approximate surface area is 201 Å². The van der Waals surface area contributed by atoms with Crippen molar-refractivity contribution < 1.29 is 28.7 Å². The zero-order valence-electron chi connectivity index (χ0n) is 20.8. The number of likely N-dealkylation sites (tertiary alicyclic amines) is 1. The molecular weight excluding hydrogens is 438 g/mol. The van der Waals surface area contributed by atoms with Gasteiger partial charge in [0.2, 0.25) is 5.91 Å². The summed E-state index contributed by atoms with van der Waals surface area (Å²) in [5.41, 5.74) is 0.255. The van der Waals surface area contributed by atoms with Crippen molar-refractivity contribution in [2.45, 2.75) is 72.0 Å². The third-order valence-electron chi connectivity index (χ3n) is 5.78. The van der Waals surface area contributed by atoms with E-state index in [9.17, 15) is 19.2 Å². The molecule has 1 aromatic rings. The summed E-state index contributed by atoms with van der Waals surface area (Å²) in [6.45, 7) is 9.23. The predicted octanol–water partition coefficient (Wildman–Crippen LogP) is 2.38. The standard InChI is InChI=1S/C25H37N3O6/c1-6-27(14-22(29)26-17(2)3)23(30)15-34-25(32)20-10-12-21(13-11-20)33-16-24(31)28-18(4)8-7-9-19(28)5/h10-13,17-19H,6-9,14-16H2,1-5H3,(H,26,29). The van der Waals surface area contributed by atoms with Crippen molar-refractivity contribution in [2.75, 3.05) is 26.3 Å². The fourth-order valence-electron chi connectivity index (χ4n) is 4.04. The van der Waals surface area contributed by atoms with Crippen LogP contribution in [0.1, 0.15) is 64.2 Å². The van der Waals surface area contributed by atoms with Crippen LogP contribution in [0.25, 0.3) is 0 Å². The van der Waals surface area contributed by atoms with Crippen LogP contribution in [-0.4, -0.2) is 77.9 Å². The van der Waals surface area contributed by atoms with Gasteiger partial charge in [-0.1, -0.05) is 0 Å². The Kier molecular flexibility index (Phi) is 10.3. The van der Waals surface area contributed by atoms with Crippen molar-refractivity contribution >= 4 is 23.7 Å². The number of nitrogens with one attached hydrogen (secondary N) is 1. The molecule has 188 valence electrons. The van der Waals surface area contributed by atoms with Gasteiger partial charge in [0.25, 0.3) is 11.8 Å². The zero-order chi connectivity index (χ0) is 25.3. The van der Waals surface area contributed by atoms with Gasteiger partial charge in [-0.3, -0.25) is 14.4 Å². The van der Waals surface area contributed by atoms with Crippen LogP contribution < -0.4 is 10.1 Å². The zero-order valence-corrected chi connectivity index (χ0v) is 20.8. The van der Waals surface area contributed by atoms with Gasteiger partial charge in [0.1, 0.15) is 5.75 Å². The Hall–Kier alpha value is -3.10. The minimum Gasteiger partial charge on any atom is -0.484 e. The molecule has 34 heavy (non-hydrogen) atoms. The van der Waals surface area contributed by atoms with Crippen molar-refractivity contribution in [2.24, 2.45) is 0 Å². The highest BCUT2D eigenvalue weighted by atomic mass is 16.5. The first-order valence-electron chi connectivity index (χ1n) is 11.9. The maximum atomic E-state index is 12.6. The van der Waals surface area contributed by atoms with Crippen LogP contribution in [0.2, 0.25) is 0 Å². The Morgan fingerprint density at radius 1 is 1.06 bits per heavy atom. The second kappa shape index (κ2) is 13.0. The minimum absolute atomic E-state index is 0.0268. The van der Waals surface area contributed by atoms with Gasteiger partial charge in [-0.2, -0.15) is 0 Å². The van der Waals surface area contributed by atoms with Crippen LogP contribution in [0.15, 0.2) is 24.3 Å². The molecular formula is C25H37N3O6. The molecule has 1 N–H and O–H groups in total. The van der Waals surface area contributed by atoms with Gasteiger partial charge >= 0.3 is 5.97 Å². The molecule has 0 radical (unpaired) electrons. The lowest BCUT2D eigenvalue weighted by Gasteiger charge is -2.38. The van der Waals surface area contributed by atoms with E-state index in [-0.39, 0.29) is 48.7 Å². The van der Waals surface area contributed by atoms with E-state index in [1.165, 1.54) is 17.0 Å². The first-order chi connectivity index (χ1) is 16.1. The molecule has 0 aromatic heterocycles. The lowest BCUT2D eigenvalue weighted by molar-refractivity contribution is -0.139. The summed E-state index contributed by atoms with van der Waals surface area (Å²) in [6, 6.07) is 6.59. The van der Waals surface area contributed by atoms with Crippen LogP contribution in [0.3, 0.4) is 0 Å². The number of rotatable bonds is 10. The number of ether oxygens (including phenoxy) is 2. The molecule has 9 nitrogen and oxygen atoms in total. The highest BCUT2D eigenvalue weighted by molar-refractivity contribution is 5.92. The summed E-state index contributed by atoms with van der Waals surface area (Å²) in [5.74, 6) is -0.963. The number of carbonyl (C=O) groups is 4. The summed E-state index contributed by atoms with van der Waals surface area (Å²) >= 11 is 0. The van der Waals surface area contributed by atoms with E-state index in [1.54, 1.807) is 19.1 Å². The van der Waals surface area contributed by atoms with Gasteiger partial charge in [0.15, 0.2) is 13.2 Å². The molecule has 0 saturated carbocycles. The molecule has 1 fully saturated rings. The lowest BCUT2D eigenvalue weighted by Crippen LogP contribution is -2.49. The molecule has 1 heterocycles. The number of piperidine rings is 1. The van der Waals surface area contributed by atoms with Gasteiger partial charge in [-0.15, -0.1) is 0 Å². The van der Waals surface area contributed by atoms with E-state index in [2.05, 4.69) is 19.2 Å². The Balaban J connectivity index is 1.82. The molecule has 3 amide bonds. The summed E-state index contributed by atoms with van der Waals surface area (Å²) in [5, 5.41) is 2.72. The van der Waals surface area contributed by atoms with Crippen molar-refractivity contribution in [1.82, 2.24) is 15.1 Å². The Morgan fingerprint density at radius 3 is 2.24 bits per heavy atom. The van der Waals surface area contributed by atoms with E-state index in [1.807, 2.05) is 18.7 Å². The van der Waals surface area contributed by atoms with Crippen molar-refractivity contribution in [3.8, 4) is 5.75 Å². The van der Waals surface area contributed by atoms with Crippen LogP contribution >= 0.6 is 0 Å². The number of esters is 1. The molecule has 2 unspecified atom stereocenters. The topological polar surface area (TPSA) is 105 Å². The van der Waals surface area contributed by atoms with Gasteiger partial charge in [-0.05, 0) is 78.1 Å². The van der Waals surface area contributed by atoms with Crippen molar-refractivity contribution in [3.05, 3.63) is 29.8 Å². The number of amides is 3. The number of nitrogens with zero attached hydrogens (tertiary/aromatic N) is 2. The van der Waals surface area contributed by atoms with E-state index >= 15 is 0 Å². The van der Waals surface area contributed by atoms with E-state index in [4.69, 9.17) is 9.47 Å². The third-order valence-corrected chi connectivity index (χ3v) is 5.78. The van der Waals surface area contributed by atoms with Gasteiger partial charge in [0, 0.05) is 24.7 Å². The van der Waals surface area contributed by atoms with Crippen molar-refractivity contribution in [3.63, 3.8) is 0 Å². The highest BCUT2D eigenvalue weighted by Gasteiger charge is 2.29. The average molecular weight is 476 g/mol. The molecule has 2 rings (SSSR count). The number of hydrogen-bond donors (Lipinski definition) is 1. The molecule has 9 heteroatoms. The SMILES string of the molecule is CCN(CC(=O)NC(C)C)C(=O)COC(=O)c1ccc(OCC(=O)N2C(C)CCCC2C)cc1. The lowest BCUT2D eigenvalue weighted by atomic mass is 9.97. The number of likely N-dealkylation sites (N-methyl/N-ethyl adjacent to an activating group) is 1. The summed E-state index contributed by atoms with van der Waals surface area (Å²) < 4.78 is 10.7. The fourth-order valence-corrected chi connectivity index (χ4v) is 4.04. The molecule has 1 saturated heterocycles. The second-order valence-corrected chi connectivity index (χ2v) is 8.95. The minimum atomic E-state index is -0.658. The molecule has 0 aliphatic carbocycles. The van der Waals surface area contributed by atoms with Crippen LogP contribution in [-0.2, 0) is 19.1 Å². The summed E-state index contributed by atoms with van der Waals surface area (Å²) in [4.78, 5) is 52.3. The van der Waals surface area contributed by atoms with Crippen LogP contribution in [0.4, 0.5) is 0 Å². The predicted molar refractivity (Wildman–Crippen MR) is 127 cm³/mol. The van der Waals surface area contributed by atoms with E-state index < -0.39 is 18.5 Å². The van der Waals surface area contributed by atoms with Gasteiger partial charge in [0.05, 0.1) is 12.1 Å². The summed E-state index contributed by atoms with van der Waals surface area (Å²) in [6.07, 6.45) is 3.12. The fraction of sp³-hybridized carbons (Fsp3) is 0.600. The quantitative estimate of drug-likeness (QED) is 0.521. The number of hydrogen-bond acceptors (Lipinski definition) is 6. The van der Waals surface area contributed by atoms with Crippen LogP contribution in [0.5, 0.6) is 5.75 Å².